The first kappa shape index (κ1) is 64.0. The molecule has 0 spiro atoms. The molecular formula is C61H107NO5. The Morgan fingerprint density at radius 2 is 0.761 bits per heavy atom. The molecule has 0 fully saturated rings. The van der Waals surface area contributed by atoms with E-state index in [1.807, 2.05) is 0 Å². The van der Waals surface area contributed by atoms with Crippen molar-refractivity contribution in [2.75, 3.05) is 6.61 Å². The molecule has 0 saturated carbocycles. The molecule has 0 heterocycles. The van der Waals surface area contributed by atoms with Gasteiger partial charge in [-0.3, -0.25) is 9.59 Å². The number of nitrogens with one attached hydrogen (secondary N) is 1. The summed E-state index contributed by atoms with van der Waals surface area (Å²) in [5.41, 5.74) is 0. The molecule has 0 rings (SSSR count). The highest BCUT2D eigenvalue weighted by Crippen LogP contribution is 2.17. The summed E-state index contributed by atoms with van der Waals surface area (Å²) in [5, 5.41) is 23.8. The maximum Gasteiger partial charge on any atom is 0.306 e. The molecule has 67 heavy (non-hydrogen) atoms. The van der Waals surface area contributed by atoms with Crippen molar-refractivity contribution in [1.82, 2.24) is 5.32 Å². The van der Waals surface area contributed by atoms with E-state index in [2.05, 4.69) is 111 Å². The van der Waals surface area contributed by atoms with Gasteiger partial charge in [0, 0.05) is 6.42 Å². The quantitative estimate of drug-likeness (QED) is 0.0321. The van der Waals surface area contributed by atoms with Crippen LogP contribution >= 0.6 is 0 Å². The number of ether oxygens (including phenoxy) is 1. The number of hydrogen-bond donors (Lipinski definition) is 3. The highest BCUT2D eigenvalue weighted by molar-refractivity contribution is 5.77. The van der Waals surface area contributed by atoms with Crippen LogP contribution in [0.3, 0.4) is 0 Å². The summed E-state index contributed by atoms with van der Waals surface area (Å²) >= 11 is 0. The van der Waals surface area contributed by atoms with Crippen molar-refractivity contribution >= 4 is 11.9 Å². The van der Waals surface area contributed by atoms with Crippen LogP contribution in [-0.2, 0) is 14.3 Å². The van der Waals surface area contributed by atoms with Crippen molar-refractivity contribution in [1.29, 1.82) is 0 Å². The third-order valence-corrected chi connectivity index (χ3v) is 12.6. The molecule has 0 aliphatic heterocycles. The van der Waals surface area contributed by atoms with Gasteiger partial charge in [0.05, 0.1) is 25.2 Å². The van der Waals surface area contributed by atoms with Crippen molar-refractivity contribution in [2.45, 2.75) is 283 Å². The largest absolute Gasteiger partial charge is 0.462 e. The second kappa shape index (κ2) is 54.0. The first-order valence-electron chi connectivity index (χ1n) is 28.4. The lowest BCUT2D eigenvalue weighted by atomic mass is 10.0. The van der Waals surface area contributed by atoms with E-state index in [-0.39, 0.29) is 24.9 Å². The minimum atomic E-state index is -0.806. The number of carbonyl (C=O) groups is 2. The Morgan fingerprint density at radius 3 is 1.19 bits per heavy atom. The minimum absolute atomic E-state index is 0.0416. The Bertz CT molecular complexity index is 1280. The Balaban J connectivity index is 4.70. The Kier molecular flexibility index (Phi) is 51.6. The van der Waals surface area contributed by atoms with Crippen LogP contribution in [0.5, 0.6) is 0 Å². The zero-order chi connectivity index (χ0) is 48.8. The average molecular weight is 935 g/mol. The van der Waals surface area contributed by atoms with Crippen molar-refractivity contribution in [2.24, 2.45) is 0 Å². The van der Waals surface area contributed by atoms with E-state index in [9.17, 15) is 19.8 Å². The van der Waals surface area contributed by atoms with Gasteiger partial charge >= 0.3 is 5.97 Å². The lowest BCUT2D eigenvalue weighted by molar-refractivity contribution is -0.151. The Morgan fingerprint density at radius 1 is 0.433 bits per heavy atom. The SMILES string of the molecule is CCCCC/C=C/C=C/C=C/C=C/CCCCCCCC(=O)OC(CCCCC/C=C/C=C/C=C/CCCCCCC)CC(=O)NC(CO)C(O)CCCCCCCCCCCCCCCC. The van der Waals surface area contributed by atoms with Crippen LogP contribution in [0.1, 0.15) is 265 Å². The molecule has 386 valence electrons. The smallest absolute Gasteiger partial charge is 0.306 e. The van der Waals surface area contributed by atoms with E-state index in [1.54, 1.807) is 0 Å². The molecule has 6 nitrogen and oxygen atoms in total. The summed E-state index contributed by atoms with van der Waals surface area (Å²) in [7, 11) is 0. The summed E-state index contributed by atoms with van der Waals surface area (Å²) in [6, 6.07) is -0.723. The van der Waals surface area contributed by atoms with E-state index < -0.39 is 18.2 Å². The van der Waals surface area contributed by atoms with E-state index in [4.69, 9.17) is 4.74 Å². The maximum absolute atomic E-state index is 13.3. The van der Waals surface area contributed by atoms with Crippen LogP contribution in [0.15, 0.2) is 85.1 Å². The molecule has 0 aromatic carbocycles. The summed E-state index contributed by atoms with van der Waals surface area (Å²) in [4.78, 5) is 26.3. The van der Waals surface area contributed by atoms with Gasteiger partial charge in [0.1, 0.15) is 6.10 Å². The molecule has 3 unspecified atom stereocenters. The number of hydrogen-bond acceptors (Lipinski definition) is 5. The van der Waals surface area contributed by atoms with Crippen LogP contribution in [0, 0.1) is 0 Å². The van der Waals surface area contributed by atoms with Crippen LogP contribution in [0.4, 0.5) is 0 Å². The molecule has 0 aromatic rings. The lowest BCUT2D eigenvalue weighted by Gasteiger charge is -2.24. The van der Waals surface area contributed by atoms with E-state index in [0.29, 0.717) is 19.3 Å². The van der Waals surface area contributed by atoms with E-state index in [1.165, 1.54) is 122 Å². The monoisotopic (exact) mass is 934 g/mol. The van der Waals surface area contributed by atoms with Crippen LogP contribution < -0.4 is 5.32 Å². The van der Waals surface area contributed by atoms with Gasteiger partial charge in [-0.2, -0.15) is 0 Å². The molecule has 0 radical (unpaired) electrons. The maximum atomic E-state index is 13.3. The zero-order valence-electron chi connectivity index (χ0n) is 44.0. The second-order valence-electron chi connectivity index (χ2n) is 19.1. The lowest BCUT2D eigenvalue weighted by Crippen LogP contribution is -2.46. The molecule has 0 saturated heterocycles. The molecule has 3 N–H and O–H groups in total. The standard InChI is InChI=1S/C61H107NO5/c1-4-7-10-13-16-19-22-25-28-30-31-33-36-39-42-45-48-51-54-61(66)67-57(52-49-46-43-40-37-34-32-29-26-23-20-17-14-11-8-5-2)55-60(65)62-58(56-63)59(64)53-50-47-44-41-38-35-27-24-21-18-15-12-9-6-3/h16,19,22-23,25-26,28-34,37,57-59,63-64H,4-15,17-18,20-21,24,27,35-36,38-56H2,1-3H3,(H,62,65)/b19-16+,25-22+,26-23+,30-28+,32-29+,33-31+,37-34+. The fourth-order valence-corrected chi connectivity index (χ4v) is 8.27. The highest BCUT2D eigenvalue weighted by Gasteiger charge is 2.24. The van der Waals surface area contributed by atoms with Crippen molar-refractivity contribution in [3.63, 3.8) is 0 Å². The van der Waals surface area contributed by atoms with Gasteiger partial charge in [-0.15, -0.1) is 0 Å². The number of unbranched alkanes of at least 4 members (excludes halogenated alkanes) is 29. The number of rotatable bonds is 50. The normalized spacial score (nSPS) is 13.8. The first-order valence-corrected chi connectivity index (χ1v) is 28.4. The van der Waals surface area contributed by atoms with Crippen LogP contribution in [0.2, 0.25) is 0 Å². The summed E-state index contributed by atoms with van der Waals surface area (Å²) < 4.78 is 5.93. The topological polar surface area (TPSA) is 95.9 Å². The fourth-order valence-electron chi connectivity index (χ4n) is 8.27. The number of aliphatic hydroxyl groups is 2. The molecule has 0 bridgehead atoms. The summed E-state index contributed by atoms with van der Waals surface area (Å²) in [5.74, 6) is -0.534. The predicted octanol–water partition coefficient (Wildman–Crippen LogP) is 17.5. The van der Waals surface area contributed by atoms with Crippen molar-refractivity contribution < 1.29 is 24.5 Å². The highest BCUT2D eigenvalue weighted by atomic mass is 16.5. The van der Waals surface area contributed by atoms with Crippen LogP contribution in [-0.4, -0.2) is 46.9 Å². The summed E-state index contributed by atoms with van der Waals surface area (Å²) in [6.45, 7) is 6.43. The van der Waals surface area contributed by atoms with Gasteiger partial charge < -0.3 is 20.3 Å². The second-order valence-corrected chi connectivity index (χ2v) is 19.1. The van der Waals surface area contributed by atoms with Gasteiger partial charge in [-0.05, 0) is 77.0 Å². The molecule has 1 amide bonds. The molecule has 0 aliphatic rings. The molecule has 0 aliphatic carbocycles. The van der Waals surface area contributed by atoms with E-state index >= 15 is 0 Å². The van der Waals surface area contributed by atoms with Crippen molar-refractivity contribution in [3.05, 3.63) is 85.1 Å². The number of amides is 1. The van der Waals surface area contributed by atoms with E-state index in [0.717, 1.165) is 96.3 Å². The molecule has 0 aromatic heterocycles. The fraction of sp³-hybridized carbons (Fsp3) is 0.738. The molecular weight excluding hydrogens is 827 g/mol. The van der Waals surface area contributed by atoms with Gasteiger partial charge in [0.2, 0.25) is 5.91 Å². The molecule has 3 atom stereocenters. The van der Waals surface area contributed by atoms with Gasteiger partial charge in [0.15, 0.2) is 0 Å². The summed E-state index contributed by atoms with van der Waals surface area (Å²) in [6.07, 6.45) is 70.6. The van der Waals surface area contributed by atoms with Gasteiger partial charge in [-0.1, -0.05) is 260 Å². The third-order valence-electron chi connectivity index (χ3n) is 12.6. The van der Waals surface area contributed by atoms with Gasteiger partial charge in [0.25, 0.3) is 0 Å². The zero-order valence-corrected chi connectivity index (χ0v) is 44.0. The minimum Gasteiger partial charge on any atom is -0.462 e. The number of esters is 1. The Hall–Kier alpha value is -2.96. The average Bonchev–Trinajstić information content (AvgIpc) is 3.32. The Labute approximate surface area is 414 Å². The number of allylic oxidation sites excluding steroid dienone is 14. The van der Waals surface area contributed by atoms with Crippen LogP contribution in [0.25, 0.3) is 0 Å². The van der Waals surface area contributed by atoms with Crippen molar-refractivity contribution in [3.8, 4) is 0 Å². The number of carbonyl (C=O) groups excluding carboxylic acids is 2. The predicted molar refractivity (Wildman–Crippen MR) is 291 cm³/mol. The molecule has 6 heteroatoms. The number of aliphatic hydroxyl groups excluding tert-OH is 2. The third kappa shape index (κ3) is 49.3. The first-order chi connectivity index (χ1) is 33.0. The van der Waals surface area contributed by atoms with Gasteiger partial charge in [-0.25, -0.2) is 0 Å².